The molecular formula is C18H23N3O2. The first kappa shape index (κ1) is 15.9. The number of rotatable bonds is 3. The molecule has 0 bridgehead atoms. The summed E-state index contributed by atoms with van der Waals surface area (Å²) in [6.45, 7) is 9.36. The fraction of sp³-hybridized carbons (Fsp3) is 0.444. The summed E-state index contributed by atoms with van der Waals surface area (Å²) in [6.07, 6.45) is 0.612. The van der Waals surface area contributed by atoms with Gasteiger partial charge in [0.25, 0.3) is 5.56 Å². The Kier molecular flexibility index (Phi) is 4.33. The van der Waals surface area contributed by atoms with Gasteiger partial charge in [0.05, 0.1) is 11.1 Å². The van der Waals surface area contributed by atoms with Crippen LogP contribution in [0, 0.1) is 13.8 Å². The summed E-state index contributed by atoms with van der Waals surface area (Å²) in [6, 6.07) is 3.75. The Hall–Kier alpha value is -1.98. The lowest BCUT2D eigenvalue weighted by Gasteiger charge is -2.33. The number of carbonyl (C=O) groups is 1. The Balaban J connectivity index is 2.00. The number of carbonyl (C=O) groups excluding carboxylic acids is 1. The minimum atomic E-state index is -0.315. The number of aromatic nitrogens is 1. The Bertz CT molecular complexity index is 802. The Morgan fingerprint density at radius 3 is 2.52 bits per heavy atom. The fourth-order valence-electron chi connectivity index (χ4n) is 3.31. The molecule has 2 heterocycles. The van der Waals surface area contributed by atoms with Crippen LogP contribution in [0.1, 0.15) is 27.0 Å². The largest absolute Gasteiger partial charge is 0.321 e. The van der Waals surface area contributed by atoms with Crippen molar-refractivity contribution < 1.29 is 4.79 Å². The molecule has 0 spiro atoms. The molecule has 0 radical (unpaired) electrons. The summed E-state index contributed by atoms with van der Waals surface area (Å²) in [5.74, 6) is 0. The van der Waals surface area contributed by atoms with E-state index in [0.29, 0.717) is 6.29 Å². The Morgan fingerprint density at radius 1 is 1.17 bits per heavy atom. The number of H-pyrrole nitrogens is 1. The zero-order chi connectivity index (χ0) is 16.6. The van der Waals surface area contributed by atoms with Gasteiger partial charge in [0, 0.05) is 32.7 Å². The SMILES string of the molecule is Cc1cc2cc(C=O)c(=O)[nH]c2c(C)c1CN1CCN(C)CC1. The number of pyridine rings is 1. The van der Waals surface area contributed by atoms with Crippen molar-refractivity contribution in [1.82, 2.24) is 14.8 Å². The van der Waals surface area contributed by atoms with E-state index >= 15 is 0 Å². The summed E-state index contributed by atoms with van der Waals surface area (Å²) in [4.78, 5) is 30.6. The van der Waals surface area contributed by atoms with Crippen LogP contribution in [0.5, 0.6) is 0 Å². The molecule has 0 aliphatic carbocycles. The van der Waals surface area contributed by atoms with E-state index in [1.807, 2.05) is 0 Å². The third-order valence-corrected chi connectivity index (χ3v) is 4.88. The molecule has 2 aromatic rings. The first-order valence-corrected chi connectivity index (χ1v) is 8.02. The van der Waals surface area contributed by atoms with E-state index in [-0.39, 0.29) is 11.1 Å². The maximum atomic E-state index is 11.9. The molecule has 0 saturated carbocycles. The second kappa shape index (κ2) is 6.26. The number of aldehydes is 1. The smallest absolute Gasteiger partial charge is 0.259 e. The predicted octanol–water partition coefficient (Wildman–Crippen LogP) is 1.70. The molecule has 1 aromatic carbocycles. The quantitative estimate of drug-likeness (QED) is 0.877. The molecule has 122 valence electrons. The van der Waals surface area contributed by atoms with Crippen molar-refractivity contribution in [3.63, 3.8) is 0 Å². The van der Waals surface area contributed by atoms with Crippen LogP contribution in [0.25, 0.3) is 10.9 Å². The van der Waals surface area contributed by atoms with E-state index in [4.69, 9.17) is 0 Å². The van der Waals surface area contributed by atoms with Crippen LogP contribution >= 0.6 is 0 Å². The molecule has 1 saturated heterocycles. The summed E-state index contributed by atoms with van der Waals surface area (Å²) in [7, 11) is 2.15. The van der Waals surface area contributed by atoms with Gasteiger partial charge in [0.15, 0.2) is 6.29 Å². The second-order valence-electron chi connectivity index (χ2n) is 6.51. The highest BCUT2D eigenvalue weighted by atomic mass is 16.1. The summed E-state index contributed by atoms with van der Waals surface area (Å²) in [5, 5.41) is 0.920. The topological polar surface area (TPSA) is 56.4 Å². The number of fused-ring (bicyclic) bond motifs is 1. The Labute approximate surface area is 135 Å². The van der Waals surface area contributed by atoms with Crippen molar-refractivity contribution in [3.8, 4) is 0 Å². The first-order valence-electron chi connectivity index (χ1n) is 8.02. The van der Waals surface area contributed by atoms with E-state index in [2.05, 4.69) is 41.7 Å². The van der Waals surface area contributed by atoms with Gasteiger partial charge in [-0.25, -0.2) is 0 Å². The van der Waals surface area contributed by atoms with Gasteiger partial charge >= 0.3 is 0 Å². The highest BCUT2D eigenvalue weighted by Crippen LogP contribution is 2.25. The first-order chi connectivity index (χ1) is 11.0. The van der Waals surface area contributed by atoms with Crippen molar-refractivity contribution in [2.75, 3.05) is 33.2 Å². The molecule has 1 aliphatic rings. The normalized spacial score (nSPS) is 16.8. The van der Waals surface area contributed by atoms with E-state index in [0.717, 1.165) is 49.2 Å². The lowest BCUT2D eigenvalue weighted by Crippen LogP contribution is -2.44. The summed E-state index contributed by atoms with van der Waals surface area (Å²) in [5.41, 5.74) is 4.30. The van der Waals surface area contributed by atoms with E-state index in [9.17, 15) is 9.59 Å². The van der Waals surface area contributed by atoms with Gasteiger partial charge in [0.1, 0.15) is 0 Å². The zero-order valence-electron chi connectivity index (χ0n) is 14.0. The minimum absolute atomic E-state index is 0.183. The fourth-order valence-corrected chi connectivity index (χ4v) is 3.31. The van der Waals surface area contributed by atoms with E-state index in [1.54, 1.807) is 6.07 Å². The molecule has 0 unspecified atom stereocenters. The van der Waals surface area contributed by atoms with Crippen molar-refractivity contribution in [3.05, 3.63) is 44.7 Å². The minimum Gasteiger partial charge on any atom is -0.321 e. The lowest BCUT2D eigenvalue weighted by atomic mass is 9.97. The Morgan fingerprint density at radius 2 is 1.87 bits per heavy atom. The van der Waals surface area contributed by atoms with Crippen LogP contribution in [-0.2, 0) is 6.54 Å². The molecule has 0 amide bonds. The molecule has 1 aliphatic heterocycles. The lowest BCUT2D eigenvalue weighted by molar-refractivity contribution is 0.112. The molecule has 3 rings (SSSR count). The highest BCUT2D eigenvalue weighted by molar-refractivity contribution is 5.88. The number of aromatic amines is 1. The molecular weight excluding hydrogens is 290 g/mol. The summed E-state index contributed by atoms with van der Waals surface area (Å²) >= 11 is 0. The van der Waals surface area contributed by atoms with Gasteiger partial charge in [-0.15, -0.1) is 0 Å². The maximum absolute atomic E-state index is 11.9. The van der Waals surface area contributed by atoms with Crippen molar-refractivity contribution in [2.24, 2.45) is 0 Å². The average Bonchev–Trinajstić information content (AvgIpc) is 2.53. The molecule has 0 atom stereocenters. The number of likely N-dealkylation sites (N-methyl/N-ethyl adjacent to an activating group) is 1. The van der Waals surface area contributed by atoms with E-state index < -0.39 is 0 Å². The molecule has 5 nitrogen and oxygen atoms in total. The number of hydrogen-bond acceptors (Lipinski definition) is 4. The molecule has 1 N–H and O–H groups in total. The van der Waals surface area contributed by atoms with Crippen molar-refractivity contribution >= 4 is 17.2 Å². The van der Waals surface area contributed by atoms with Gasteiger partial charge < -0.3 is 9.88 Å². The van der Waals surface area contributed by atoms with Gasteiger partial charge in [0.2, 0.25) is 0 Å². The average molecular weight is 313 g/mol. The third-order valence-electron chi connectivity index (χ3n) is 4.88. The van der Waals surface area contributed by atoms with Gasteiger partial charge in [-0.2, -0.15) is 0 Å². The van der Waals surface area contributed by atoms with Crippen molar-refractivity contribution in [1.29, 1.82) is 0 Å². The highest BCUT2D eigenvalue weighted by Gasteiger charge is 2.17. The molecule has 23 heavy (non-hydrogen) atoms. The van der Waals surface area contributed by atoms with Crippen LogP contribution in [0.2, 0.25) is 0 Å². The number of piperazine rings is 1. The number of nitrogens with one attached hydrogen (secondary N) is 1. The molecule has 5 heteroatoms. The summed E-state index contributed by atoms with van der Waals surface area (Å²) < 4.78 is 0. The second-order valence-corrected chi connectivity index (χ2v) is 6.51. The monoisotopic (exact) mass is 313 g/mol. The van der Waals surface area contributed by atoms with Crippen LogP contribution in [0.3, 0.4) is 0 Å². The van der Waals surface area contributed by atoms with Gasteiger partial charge in [-0.05, 0) is 55.1 Å². The van der Waals surface area contributed by atoms with Crippen molar-refractivity contribution in [2.45, 2.75) is 20.4 Å². The van der Waals surface area contributed by atoms with Crippen LogP contribution in [0.4, 0.5) is 0 Å². The molecule has 1 aromatic heterocycles. The van der Waals surface area contributed by atoms with Crippen LogP contribution in [-0.4, -0.2) is 54.3 Å². The zero-order valence-corrected chi connectivity index (χ0v) is 14.0. The van der Waals surface area contributed by atoms with Gasteiger partial charge in [-0.1, -0.05) is 0 Å². The standard InChI is InChI=1S/C18H23N3O2/c1-12-8-14-9-15(11-22)18(23)19-17(14)13(2)16(12)10-21-6-4-20(3)5-7-21/h8-9,11H,4-7,10H2,1-3H3,(H,19,23). The van der Waals surface area contributed by atoms with E-state index in [1.165, 1.54) is 11.1 Å². The third kappa shape index (κ3) is 3.07. The van der Waals surface area contributed by atoms with Gasteiger partial charge in [-0.3, -0.25) is 14.5 Å². The number of benzene rings is 1. The maximum Gasteiger partial charge on any atom is 0.259 e. The number of hydrogen-bond donors (Lipinski definition) is 1. The van der Waals surface area contributed by atoms with Crippen LogP contribution < -0.4 is 5.56 Å². The molecule has 1 fully saturated rings. The van der Waals surface area contributed by atoms with Crippen LogP contribution in [0.15, 0.2) is 16.9 Å². The number of nitrogens with zero attached hydrogens (tertiary/aromatic N) is 2. The predicted molar refractivity (Wildman–Crippen MR) is 92.2 cm³/mol. The number of aryl methyl sites for hydroxylation is 2.